The summed E-state index contributed by atoms with van der Waals surface area (Å²) in [5, 5.41) is 12.9. The zero-order chi connectivity index (χ0) is 29.0. The van der Waals surface area contributed by atoms with Crippen LogP contribution in [0.3, 0.4) is 0 Å². The molecule has 0 aromatic heterocycles. The van der Waals surface area contributed by atoms with Crippen LogP contribution in [0.2, 0.25) is 0 Å². The Hall–Kier alpha value is -4.17. The second-order valence-corrected chi connectivity index (χ2v) is 11.0. The van der Waals surface area contributed by atoms with Gasteiger partial charge < -0.3 is 20.1 Å². The van der Waals surface area contributed by atoms with Crippen LogP contribution in [0.4, 0.5) is 4.79 Å². The van der Waals surface area contributed by atoms with Gasteiger partial charge in [0.2, 0.25) is 5.91 Å². The second kappa shape index (κ2) is 12.1. The second-order valence-electron chi connectivity index (χ2n) is 11.0. The molecule has 41 heavy (non-hydrogen) atoms. The maximum Gasteiger partial charge on any atom is 0.407 e. The highest BCUT2D eigenvalue weighted by molar-refractivity contribution is 5.92. The van der Waals surface area contributed by atoms with Crippen LogP contribution in [0, 0.1) is 0 Å². The molecule has 3 aromatic carbocycles. The summed E-state index contributed by atoms with van der Waals surface area (Å²) >= 11 is 0. The lowest BCUT2D eigenvalue weighted by atomic mass is 9.92. The van der Waals surface area contributed by atoms with Gasteiger partial charge in [-0.05, 0) is 54.1 Å². The van der Waals surface area contributed by atoms with Gasteiger partial charge in [0.05, 0.1) is 0 Å². The molecule has 5 rings (SSSR count). The summed E-state index contributed by atoms with van der Waals surface area (Å²) in [4.78, 5) is 42.8. The van der Waals surface area contributed by atoms with Crippen LogP contribution in [0.25, 0.3) is 11.1 Å². The maximum absolute atomic E-state index is 13.9. The Morgan fingerprint density at radius 3 is 2.22 bits per heavy atom. The molecule has 0 saturated carbocycles. The quantitative estimate of drug-likeness (QED) is 0.370. The maximum atomic E-state index is 13.9. The Morgan fingerprint density at radius 2 is 1.61 bits per heavy atom. The van der Waals surface area contributed by atoms with Gasteiger partial charge in [-0.3, -0.25) is 9.69 Å². The molecule has 2 amide bonds. The molecule has 1 fully saturated rings. The highest BCUT2D eigenvalue weighted by Gasteiger charge is 2.50. The number of ether oxygens (including phenoxy) is 1. The molecule has 0 radical (unpaired) electrons. The van der Waals surface area contributed by atoms with Gasteiger partial charge in [-0.1, -0.05) is 85.8 Å². The van der Waals surface area contributed by atoms with Gasteiger partial charge in [-0.25, -0.2) is 9.59 Å². The number of rotatable bonds is 10. The summed E-state index contributed by atoms with van der Waals surface area (Å²) in [5.74, 6) is -1.52. The van der Waals surface area contributed by atoms with Gasteiger partial charge >= 0.3 is 12.1 Å². The summed E-state index contributed by atoms with van der Waals surface area (Å²) in [6.45, 7) is 3.01. The van der Waals surface area contributed by atoms with Crippen molar-refractivity contribution in [2.24, 2.45) is 0 Å². The van der Waals surface area contributed by atoms with Crippen molar-refractivity contribution in [1.82, 2.24) is 15.1 Å². The standard InChI is InChI=1S/C33H37N3O5/c1-3-33(31(38)39)18-11-19-36(33)30(37)29(21-35(2)20-23-12-5-4-6-13-23)34-32(40)41-22-28-26-16-9-7-14-24(26)25-15-8-10-17-27(25)28/h4-10,12-17,28-29H,3,11,18-22H2,1-2H3,(H,34,40)(H,38,39). The van der Waals surface area contributed by atoms with Gasteiger partial charge in [-0.15, -0.1) is 0 Å². The minimum Gasteiger partial charge on any atom is -0.479 e. The lowest BCUT2D eigenvalue weighted by molar-refractivity contribution is -0.157. The molecular weight excluding hydrogens is 518 g/mol. The van der Waals surface area contributed by atoms with Crippen molar-refractivity contribution in [2.45, 2.75) is 50.2 Å². The molecule has 0 spiro atoms. The van der Waals surface area contributed by atoms with Gasteiger partial charge in [0, 0.05) is 25.6 Å². The average Bonchev–Trinajstić information content (AvgIpc) is 3.56. The number of nitrogens with one attached hydrogen (secondary N) is 1. The molecular formula is C33H37N3O5. The molecule has 2 unspecified atom stereocenters. The minimum atomic E-state index is -1.27. The number of fused-ring (bicyclic) bond motifs is 3. The van der Waals surface area contributed by atoms with Crippen LogP contribution < -0.4 is 5.32 Å². The summed E-state index contributed by atoms with van der Waals surface area (Å²) in [6, 6.07) is 25.1. The number of benzene rings is 3. The number of likely N-dealkylation sites (N-methyl/N-ethyl adjacent to an activating group) is 1. The Morgan fingerprint density at radius 1 is 1.00 bits per heavy atom. The van der Waals surface area contributed by atoms with Gasteiger partial charge in [-0.2, -0.15) is 0 Å². The highest BCUT2D eigenvalue weighted by atomic mass is 16.5. The number of likely N-dealkylation sites (tertiary alicyclic amines) is 1. The fraction of sp³-hybridized carbons (Fsp3) is 0.364. The molecule has 8 heteroatoms. The number of carboxylic acids is 1. The number of alkyl carbamates (subject to hydrolysis) is 1. The third-order valence-electron chi connectivity index (χ3n) is 8.46. The van der Waals surface area contributed by atoms with Crippen LogP contribution in [0.1, 0.15) is 48.8 Å². The summed E-state index contributed by atoms with van der Waals surface area (Å²) < 4.78 is 5.75. The lowest BCUT2D eigenvalue weighted by Gasteiger charge is -2.37. The monoisotopic (exact) mass is 555 g/mol. The first-order valence-corrected chi connectivity index (χ1v) is 14.2. The van der Waals surface area contributed by atoms with Crippen LogP contribution in [0.5, 0.6) is 0 Å². The molecule has 2 aliphatic rings. The molecule has 3 aromatic rings. The Labute approximate surface area is 240 Å². The van der Waals surface area contributed by atoms with E-state index in [1.54, 1.807) is 6.92 Å². The van der Waals surface area contributed by atoms with E-state index in [2.05, 4.69) is 29.6 Å². The Balaban J connectivity index is 1.32. The highest BCUT2D eigenvalue weighted by Crippen LogP contribution is 2.44. The SMILES string of the molecule is CCC1(C(=O)O)CCCN1C(=O)C(CN(C)Cc1ccccc1)NC(=O)OCC1c2ccccc2-c2ccccc21. The first kappa shape index (κ1) is 28.4. The van der Waals surface area contributed by atoms with E-state index in [9.17, 15) is 19.5 Å². The predicted molar refractivity (Wildman–Crippen MR) is 156 cm³/mol. The third-order valence-corrected chi connectivity index (χ3v) is 8.46. The normalized spacial score (nSPS) is 18.6. The molecule has 0 bridgehead atoms. The van der Waals surface area contributed by atoms with Crippen molar-refractivity contribution < 1.29 is 24.2 Å². The van der Waals surface area contributed by atoms with Crippen molar-refractivity contribution in [3.8, 4) is 11.1 Å². The Bertz CT molecular complexity index is 1370. The molecule has 1 saturated heterocycles. The van der Waals surface area contributed by atoms with E-state index in [4.69, 9.17) is 4.74 Å². The number of hydrogen-bond donors (Lipinski definition) is 2. The smallest absolute Gasteiger partial charge is 0.407 e. The van der Waals surface area contributed by atoms with Gasteiger partial charge in [0.1, 0.15) is 18.2 Å². The number of carbonyl (C=O) groups excluding carboxylic acids is 2. The van der Waals surface area contributed by atoms with Crippen LogP contribution >= 0.6 is 0 Å². The molecule has 1 heterocycles. The van der Waals surface area contributed by atoms with Crippen molar-refractivity contribution in [2.75, 3.05) is 26.7 Å². The van der Waals surface area contributed by atoms with Crippen molar-refractivity contribution in [3.63, 3.8) is 0 Å². The van der Waals surface area contributed by atoms with Gasteiger partial charge in [0.15, 0.2) is 0 Å². The van der Waals surface area contributed by atoms with E-state index in [-0.39, 0.29) is 19.1 Å². The lowest BCUT2D eigenvalue weighted by Crippen LogP contribution is -2.60. The van der Waals surface area contributed by atoms with Gasteiger partial charge in [0.25, 0.3) is 0 Å². The fourth-order valence-corrected chi connectivity index (χ4v) is 6.37. The predicted octanol–water partition coefficient (Wildman–Crippen LogP) is 4.88. The number of hydrogen-bond acceptors (Lipinski definition) is 5. The minimum absolute atomic E-state index is 0.110. The zero-order valence-corrected chi connectivity index (χ0v) is 23.6. The van der Waals surface area contributed by atoms with E-state index in [1.165, 1.54) is 4.90 Å². The number of carbonyl (C=O) groups is 3. The molecule has 1 aliphatic heterocycles. The van der Waals surface area contributed by atoms with Crippen LogP contribution in [-0.4, -0.2) is 71.2 Å². The van der Waals surface area contributed by atoms with Crippen molar-refractivity contribution >= 4 is 18.0 Å². The largest absolute Gasteiger partial charge is 0.479 e. The molecule has 214 valence electrons. The van der Waals surface area contributed by atoms with E-state index in [1.807, 2.05) is 66.5 Å². The number of carboxylic acid groups (broad SMARTS) is 1. The first-order valence-electron chi connectivity index (χ1n) is 14.2. The van der Waals surface area contributed by atoms with E-state index < -0.39 is 29.6 Å². The summed E-state index contributed by atoms with van der Waals surface area (Å²) in [5.41, 5.74) is 4.26. The number of amides is 2. The molecule has 2 N–H and O–H groups in total. The van der Waals surface area contributed by atoms with E-state index >= 15 is 0 Å². The zero-order valence-electron chi connectivity index (χ0n) is 23.6. The first-order chi connectivity index (χ1) is 19.8. The Kier molecular flexibility index (Phi) is 8.40. The summed E-state index contributed by atoms with van der Waals surface area (Å²) in [7, 11) is 1.88. The average molecular weight is 556 g/mol. The molecule has 1 aliphatic carbocycles. The van der Waals surface area contributed by atoms with E-state index in [0.29, 0.717) is 32.4 Å². The number of aliphatic carboxylic acids is 1. The topological polar surface area (TPSA) is 99.2 Å². The summed E-state index contributed by atoms with van der Waals surface area (Å²) in [6.07, 6.45) is 0.590. The fourth-order valence-electron chi connectivity index (χ4n) is 6.37. The number of nitrogens with zero attached hydrogens (tertiary/aromatic N) is 2. The van der Waals surface area contributed by atoms with Crippen LogP contribution in [-0.2, 0) is 20.9 Å². The van der Waals surface area contributed by atoms with Crippen LogP contribution in [0.15, 0.2) is 78.9 Å². The molecule has 2 atom stereocenters. The third kappa shape index (κ3) is 5.70. The van der Waals surface area contributed by atoms with E-state index in [0.717, 1.165) is 27.8 Å². The van der Waals surface area contributed by atoms with Crippen molar-refractivity contribution in [3.05, 3.63) is 95.6 Å². The van der Waals surface area contributed by atoms with Crippen molar-refractivity contribution in [1.29, 1.82) is 0 Å². The molecule has 8 nitrogen and oxygen atoms in total.